The minimum Gasteiger partial charge on any atom is -0.379 e. The van der Waals surface area contributed by atoms with Crippen LogP contribution >= 0.6 is 27.3 Å². The maximum atomic E-state index is 13.6. The Morgan fingerprint density at radius 1 is 1.22 bits per heavy atom. The molecular weight excluding hydrogens is 514 g/mol. The molecular formula is C22H24BrN3O4S2. The molecule has 3 aromatic rings. The molecule has 10 heteroatoms. The number of anilines is 1. The Bertz CT molecular complexity index is 1220. The van der Waals surface area contributed by atoms with Crippen molar-refractivity contribution in [3.8, 4) is 0 Å². The lowest BCUT2D eigenvalue weighted by Crippen LogP contribution is -2.39. The maximum Gasteiger partial charge on any atom is 0.261 e. The third-order valence-electron chi connectivity index (χ3n) is 5.29. The molecule has 1 aliphatic rings. The van der Waals surface area contributed by atoms with Gasteiger partial charge in [-0.2, -0.15) is 0 Å². The third kappa shape index (κ3) is 5.37. The van der Waals surface area contributed by atoms with E-state index in [0.717, 1.165) is 60.2 Å². The number of sulfone groups is 1. The number of nitrogens with zero attached hydrogens (tertiary/aromatic N) is 3. The topological polar surface area (TPSA) is 79.8 Å². The SMILES string of the molecule is CS(=O)(=O)c1ccccc1C(=O)N(CCCN1CCOCC1)c1nc2ccc(Br)cc2s1. The molecule has 1 aliphatic heterocycles. The average Bonchev–Trinajstić information content (AvgIpc) is 3.19. The fourth-order valence-corrected chi connectivity index (χ4v) is 6.10. The van der Waals surface area contributed by atoms with Gasteiger partial charge in [0.2, 0.25) is 0 Å². The number of thiazole rings is 1. The van der Waals surface area contributed by atoms with Crippen LogP contribution in [0.2, 0.25) is 0 Å². The van der Waals surface area contributed by atoms with Crippen molar-refractivity contribution >= 4 is 58.4 Å². The van der Waals surface area contributed by atoms with Crippen molar-refractivity contribution in [3.05, 3.63) is 52.5 Å². The van der Waals surface area contributed by atoms with Crippen molar-refractivity contribution in [2.75, 3.05) is 50.5 Å². The number of rotatable bonds is 7. The number of amides is 1. The van der Waals surface area contributed by atoms with Gasteiger partial charge < -0.3 is 4.74 Å². The second kappa shape index (κ2) is 9.96. The quantitative estimate of drug-likeness (QED) is 0.455. The van der Waals surface area contributed by atoms with Crippen molar-refractivity contribution in [1.82, 2.24) is 9.88 Å². The van der Waals surface area contributed by atoms with E-state index >= 15 is 0 Å². The average molecular weight is 538 g/mol. The summed E-state index contributed by atoms with van der Waals surface area (Å²) < 4.78 is 31.9. The Labute approximate surface area is 200 Å². The van der Waals surface area contributed by atoms with E-state index in [1.54, 1.807) is 23.1 Å². The van der Waals surface area contributed by atoms with Crippen LogP contribution in [0.5, 0.6) is 0 Å². The van der Waals surface area contributed by atoms with Crippen LogP contribution in [0.25, 0.3) is 10.2 Å². The van der Waals surface area contributed by atoms with Crippen LogP contribution < -0.4 is 4.90 Å². The molecule has 0 bridgehead atoms. The van der Waals surface area contributed by atoms with E-state index in [2.05, 4.69) is 25.8 Å². The largest absolute Gasteiger partial charge is 0.379 e. The first kappa shape index (κ1) is 23.3. The molecule has 1 fully saturated rings. The molecule has 7 nitrogen and oxygen atoms in total. The van der Waals surface area contributed by atoms with Crippen LogP contribution in [0.3, 0.4) is 0 Å². The number of fused-ring (bicyclic) bond motifs is 1. The van der Waals surface area contributed by atoms with Crippen LogP contribution in [-0.2, 0) is 14.6 Å². The summed E-state index contributed by atoms with van der Waals surface area (Å²) in [5.74, 6) is -0.355. The molecule has 2 heterocycles. The van der Waals surface area contributed by atoms with Gasteiger partial charge in [-0.15, -0.1) is 0 Å². The molecule has 0 saturated carbocycles. The fourth-order valence-electron chi connectivity index (χ4n) is 3.68. The number of halogens is 1. The van der Waals surface area contributed by atoms with Crippen molar-refractivity contribution in [1.29, 1.82) is 0 Å². The number of morpholine rings is 1. The molecule has 0 spiro atoms. The van der Waals surface area contributed by atoms with E-state index in [4.69, 9.17) is 4.74 Å². The summed E-state index contributed by atoms with van der Waals surface area (Å²) in [5.41, 5.74) is 0.970. The van der Waals surface area contributed by atoms with Gasteiger partial charge in [-0.25, -0.2) is 13.4 Å². The number of hydrogen-bond acceptors (Lipinski definition) is 7. The Kier molecular flexibility index (Phi) is 7.26. The van der Waals surface area contributed by atoms with Gasteiger partial charge in [0.15, 0.2) is 15.0 Å². The summed E-state index contributed by atoms with van der Waals surface area (Å²) >= 11 is 4.90. The van der Waals surface area contributed by atoms with E-state index in [1.807, 2.05) is 18.2 Å². The Morgan fingerprint density at radius 3 is 2.72 bits per heavy atom. The van der Waals surface area contributed by atoms with Gasteiger partial charge in [0, 0.05) is 36.9 Å². The third-order valence-corrected chi connectivity index (χ3v) is 7.98. The highest BCUT2D eigenvalue weighted by Gasteiger charge is 2.26. The molecule has 0 unspecified atom stereocenters. The molecule has 1 saturated heterocycles. The number of benzene rings is 2. The molecule has 0 aliphatic carbocycles. The van der Waals surface area contributed by atoms with Gasteiger partial charge in [-0.05, 0) is 36.8 Å². The highest BCUT2D eigenvalue weighted by atomic mass is 79.9. The molecule has 170 valence electrons. The van der Waals surface area contributed by atoms with E-state index in [0.29, 0.717) is 11.7 Å². The minimum absolute atomic E-state index is 0.0343. The first-order chi connectivity index (χ1) is 15.3. The first-order valence-electron chi connectivity index (χ1n) is 10.3. The standard InChI is InChI=1S/C22H24BrN3O4S2/c1-32(28,29)20-6-3-2-5-17(20)21(27)26(10-4-9-25-11-13-30-14-12-25)22-24-18-8-7-16(23)15-19(18)31-22/h2-3,5-8,15H,4,9-14H2,1H3. The molecule has 32 heavy (non-hydrogen) atoms. The lowest BCUT2D eigenvalue weighted by atomic mass is 10.2. The molecule has 0 radical (unpaired) electrons. The van der Waals surface area contributed by atoms with Crippen LogP contribution in [0, 0.1) is 0 Å². The second-order valence-electron chi connectivity index (χ2n) is 7.64. The predicted molar refractivity (Wildman–Crippen MR) is 130 cm³/mol. The summed E-state index contributed by atoms with van der Waals surface area (Å²) in [6, 6.07) is 12.1. The zero-order valence-electron chi connectivity index (χ0n) is 17.7. The summed E-state index contributed by atoms with van der Waals surface area (Å²) in [4.78, 5) is 22.3. The van der Waals surface area contributed by atoms with Crippen LogP contribution in [0.15, 0.2) is 51.8 Å². The minimum atomic E-state index is -3.55. The monoisotopic (exact) mass is 537 g/mol. The van der Waals surface area contributed by atoms with E-state index in [1.165, 1.54) is 17.4 Å². The van der Waals surface area contributed by atoms with E-state index in [9.17, 15) is 13.2 Å². The predicted octanol–water partition coefficient (Wildman–Crippen LogP) is 3.83. The fraction of sp³-hybridized carbons (Fsp3) is 0.364. The summed E-state index contributed by atoms with van der Waals surface area (Å²) in [6.07, 6.45) is 1.86. The smallest absolute Gasteiger partial charge is 0.261 e. The molecule has 0 atom stereocenters. The van der Waals surface area contributed by atoms with Gasteiger partial charge >= 0.3 is 0 Å². The number of aromatic nitrogens is 1. The van der Waals surface area contributed by atoms with Crippen molar-refractivity contribution in [3.63, 3.8) is 0 Å². The number of carbonyl (C=O) groups is 1. The van der Waals surface area contributed by atoms with Crippen LogP contribution in [0.4, 0.5) is 5.13 Å². The van der Waals surface area contributed by atoms with Gasteiger partial charge in [-0.3, -0.25) is 14.6 Å². The zero-order chi connectivity index (χ0) is 22.7. The zero-order valence-corrected chi connectivity index (χ0v) is 20.9. The van der Waals surface area contributed by atoms with Gasteiger partial charge in [0.25, 0.3) is 5.91 Å². The summed E-state index contributed by atoms with van der Waals surface area (Å²) in [7, 11) is -3.55. The van der Waals surface area contributed by atoms with Crippen molar-refractivity contribution in [2.45, 2.75) is 11.3 Å². The lowest BCUT2D eigenvalue weighted by Gasteiger charge is -2.28. The van der Waals surface area contributed by atoms with Crippen molar-refractivity contribution < 1.29 is 17.9 Å². The van der Waals surface area contributed by atoms with Crippen molar-refractivity contribution in [2.24, 2.45) is 0 Å². The molecule has 1 aromatic heterocycles. The van der Waals surface area contributed by atoms with E-state index < -0.39 is 9.84 Å². The van der Waals surface area contributed by atoms with Crippen LogP contribution in [0.1, 0.15) is 16.8 Å². The normalized spacial score (nSPS) is 15.2. The molecule has 1 amide bonds. The lowest BCUT2D eigenvalue weighted by molar-refractivity contribution is 0.0376. The highest BCUT2D eigenvalue weighted by molar-refractivity contribution is 9.10. The molecule has 0 N–H and O–H groups in total. The number of hydrogen-bond donors (Lipinski definition) is 0. The maximum absolute atomic E-state index is 13.6. The van der Waals surface area contributed by atoms with Gasteiger partial charge in [-0.1, -0.05) is 39.4 Å². The second-order valence-corrected chi connectivity index (χ2v) is 11.6. The van der Waals surface area contributed by atoms with Crippen LogP contribution in [-0.4, -0.2) is 69.9 Å². The Balaban J connectivity index is 1.65. The summed E-state index contributed by atoms with van der Waals surface area (Å²) in [5, 5.41) is 0.563. The molecule has 2 aromatic carbocycles. The van der Waals surface area contributed by atoms with E-state index in [-0.39, 0.29) is 16.4 Å². The van der Waals surface area contributed by atoms with Gasteiger partial charge in [0.05, 0.1) is 33.9 Å². The Hall–Kier alpha value is -1.85. The number of ether oxygens (including phenoxy) is 1. The van der Waals surface area contributed by atoms with Gasteiger partial charge in [0.1, 0.15) is 0 Å². The summed E-state index contributed by atoms with van der Waals surface area (Å²) in [6.45, 7) is 4.46. The first-order valence-corrected chi connectivity index (χ1v) is 13.8. The number of carbonyl (C=O) groups excluding carboxylic acids is 1. The highest BCUT2D eigenvalue weighted by Crippen LogP contribution is 2.32. The Morgan fingerprint density at radius 2 is 1.97 bits per heavy atom. The molecule has 4 rings (SSSR count).